The van der Waals surface area contributed by atoms with Crippen molar-refractivity contribution in [1.82, 2.24) is 4.90 Å². The first-order valence-corrected chi connectivity index (χ1v) is 18.2. The molecule has 232 valence electrons. The number of sulfonamides is 2. The number of anilines is 1. The molecular weight excluding hydrogens is 576 g/mol. The number of rotatable bonds is 17. The van der Waals surface area contributed by atoms with Crippen LogP contribution in [0.3, 0.4) is 0 Å². The molecule has 0 amide bonds. The van der Waals surface area contributed by atoms with Gasteiger partial charge in [-0.2, -0.15) is 3.71 Å². The molecule has 2 aromatic carbocycles. The molecule has 0 unspecified atom stereocenters. The molecule has 0 spiro atoms. The van der Waals surface area contributed by atoms with Gasteiger partial charge in [0.1, 0.15) is 17.1 Å². The number of furan rings is 1. The van der Waals surface area contributed by atoms with Crippen molar-refractivity contribution in [3.05, 3.63) is 59.4 Å². The van der Waals surface area contributed by atoms with Crippen molar-refractivity contribution >= 4 is 42.5 Å². The second-order valence-corrected chi connectivity index (χ2v) is 14.9. The summed E-state index contributed by atoms with van der Waals surface area (Å²) in [6, 6.07) is 11.1. The highest BCUT2D eigenvalue weighted by Gasteiger charge is 2.30. The molecule has 11 heteroatoms. The molecule has 0 saturated carbocycles. The third-order valence-electron chi connectivity index (χ3n) is 6.92. The van der Waals surface area contributed by atoms with Gasteiger partial charge in [-0.15, -0.1) is 0 Å². The molecule has 0 fully saturated rings. The number of fused-ring (bicyclic) bond motifs is 1. The number of benzene rings is 2. The van der Waals surface area contributed by atoms with Crippen LogP contribution in [0.4, 0.5) is 5.69 Å². The summed E-state index contributed by atoms with van der Waals surface area (Å²) < 4.78 is 61.7. The molecule has 3 aromatic rings. The molecule has 0 aliphatic carbocycles. The van der Waals surface area contributed by atoms with Crippen LogP contribution in [0.5, 0.6) is 5.75 Å². The van der Waals surface area contributed by atoms with Crippen molar-refractivity contribution in [3.8, 4) is 5.75 Å². The fraction of sp³-hybridized carbons (Fsp3) is 0.516. The van der Waals surface area contributed by atoms with E-state index in [4.69, 9.17) is 9.15 Å². The van der Waals surface area contributed by atoms with Crippen LogP contribution < -0.4 is 8.45 Å². The van der Waals surface area contributed by atoms with Crippen LogP contribution in [0.15, 0.2) is 46.9 Å². The Kier molecular flexibility index (Phi) is 11.6. The van der Waals surface area contributed by atoms with Crippen LogP contribution in [0.25, 0.3) is 11.0 Å². The first kappa shape index (κ1) is 33.6. The Morgan fingerprint density at radius 1 is 0.857 bits per heavy atom. The molecule has 1 aromatic heterocycles. The number of carbonyl (C=O) groups is 1. The number of hydrogen-bond acceptors (Lipinski definition) is 8. The molecular formula is C31H44N2O7S2. The second kappa shape index (κ2) is 14.5. The minimum atomic E-state index is -4.15. The number of ketones is 1. The van der Waals surface area contributed by atoms with E-state index in [0.717, 1.165) is 38.6 Å². The molecule has 0 atom stereocenters. The summed E-state index contributed by atoms with van der Waals surface area (Å²) in [5.41, 5.74) is 0.950. The highest BCUT2D eigenvalue weighted by molar-refractivity contribution is 8.09. The lowest BCUT2D eigenvalue weighted by molar-refractivity contribution is 0.103. The Balaban J connectivity index is 1.82. The first-order chi connectivity index (χ1) is 19.8. The summed E-state index contributed by atoms with van der Waals surface area (Å²) >= 11 is 0. The van der Waals surface area contributed by atoms with Crippen LogP contribution in [0.2, 0.25) is 0 Å². The summed E-state index contributed by atoms with van der Waals surface area (Å²) in [5.74, 6) is 0.639. The van der Waals surface area contributed by atoms with Gasteiger partial charge in [-0.3, -0.25) is 4.79 Å². The van der Waals surface area contributed by atoms with Gasteiger partial charge < -0.3 is 14.1 Å². The second-order valence-electron chi connectivity index (χ2n) is 11.0. The lowest BCUT2D eigenvalue weighted by Crippen LogP contribution is -2.35. The van der Waals surface area contributed by atoms with E-state index in [0.29, 0.717) is 38.4 Å². The average molecular weight is 621 g/mol. The van der Waals surface area contributed by atoms with Crippen LogP contribution in [-0.4, -0.2) is 66.3 Å². The van der Waals surface area contributed by atoms with Crippen molar-refractivity contribution in [3.63, 3.8) is 0 Å². The summed E-state index contributed by atoms with van der Waals surface area (Å²) in [6.45, 7) is 12.0. The van der Waals surface area contributed by atoms with Crippen LogP contribution >= 0.6 is 0 Å². The van der Waals surface area contributed by atoms with Gasteiger partial charge in [-0.1, -0.05) is 40.5 Å². The van der Waals surface area contributed by atoms with E-state index in [2.05, 4.69) is 18.7 Å². The van der Waals surface area contributed by atoms with Gasteiger partial charge in [0.25, 0.3) is 0 Å². The Hall–Kier alpha value is -2.89. The van der Waals surface area contributed by atoms with E-state index in [1.54, 1.807) is 24.3 Å². The highest BCUT2D eigenvalue weighted by atomic mass is 32.3. The van der Waals surface area contributed by atoms with Crippen molar-refractivity contribution in [2.24, 2.45) is 0 Å². The average Bonchev–Trinajstić information content (AvgIpc) is 3.29. The van der Waals surface area contributed by atoms with Gasteiger partial charge in [0.05, 0.1) is 30.4 Å². The fourth-order valence-corrected chi connectivity index (χ4v) is 7.87. The monoisotopic (exact) mass is 620 g/mol. The molecule has 0 aliphatic rings. The number of carbonyl (C=O) groups excluding carboxylic acids is 1. The van der Waals surface area contributed by atoms with Gasteiger partial charge in [-0.25, -0.2) is 16.8 Å². The standard InChI is InChI=1S/C31H44N2O7S2/c1-7-9-18-32(19-10-8-2)20-11-21-39-26-15-12-24(13-16-26)30(34)29-27-22-25(33(41(5,35)36)42(6,37)38)14-17-28(27)40-31(29)23(3)4/h12-17,22-23H,7-11,18-21H2,1-6H3. The molecule has 1 heterocycles. The number of ether oxygens (including phenoxy) is 1. The van der Waals surface area contributed by atoms with Crippen LogP contribution in [0, 0.1) is 0 Å². The van der Waals surface area contributed by atoms with Crippen LogP contribution in [-0.2, 0) is 20.0 Å². The number of nitrogens with zero attached hydrogens (tertiary/aromatic N) is 2. The lowest BCUT2D eigenvalue weighted by atomic mass is 9.96. The van der Waals surface area contributed by atoms with Gasteiger partial charge in [0.15, 0.2) is 5.78 Å². The van der Waals surface area contributed by atoms with E-state index in [1.807, 2.05) is 13.8 Å². The minimum Gasteiger partial charge on any atom is -0.494 e. The van der Waals surface area contributed by atoms with E-state index >= 15 is 0 Å². The Labute approximate surface area is 250 Å². The predicted molar refractivity (Wildman–Crippen MR) is 169 cm³/mol. The maximum Gasteiger partial charge on any atom is 0.245 e. The molecule has 0 N–H and O–H groups in total. The van der Waals surface area contributed by atoms with Crippen molar-refractivity contribution < 1.29 is 30.8 Å². The van der Waals surface area contributed by atoms with Gasteiger partial charge in [-0.05, 0) is 74.8 Å². The van der Waals surface area contributed by atoms with Gasteiger partial charge in [0.2, 0.25) is 20.0 Å². The third-order valence-corrected chi connectivity index (χ3v) is 10.2. The number of hydrogen-bond donors (Lipinski definition) is 0. The summed E-state index contributed by atoms with van der Waals surface area (Å²) in [5, 5.41) is 0.342. The predicted octanol–water partition coefficient (Wildman–Crippen LogP) is 6.18. The topological polar surface area (TPSA) is 114 Å². The Morgan fingerprint density at radius 2 is 1.43 bits per heavy atom. The smallest absolute Gasteiger partial charge is 0.245 e. The van der Waals surface area contributed by atoms with Crippen molar-refractivity contribution in [2.45, 2.75) is 65.7 Å². The zero-order valence-corrected chi connectivity index (χ0v) is 27.2. The first-order valence-electron chi connectivity index (χ1n) is 14.5. The maximum absolute atomic E-state index is 13.8. The summed E-state index contributed by atoms with van der Waals surface area (Å²) in [4.78, 5) is 16.3. The summed E-state index contributed by atoms with van der Waals surface area (Å²) in [7, 11) is -8.31. The molecule has 9 nitrogen and oxygen atoms in total. The Morgan fingerprint density at radius 3 is 1.95 bits per heavy atom. The fourth-order valence-electron chi connectivity index (χ4n) is 4.91. The van der Waals surface area contributed by atoms with Gasteiger partial charge in [0, 0.05) is 23.4 Å². The maximum atomic E-state index is 13.8. The zero-order valence-electron chi connectivity index (χ0n) is 25.6. The van der Waals surface area contributed by atoms with E-state index in [-0.39, 0.29) is 23.0 Å². The number of unbranched alkanes of at least 4 members (excludes halogenated alkanes) is 2. The zero-order chi connectivity index (χ0) is 31.1. The highest BCUT2D eigenvalue weighted by Crippen LogP contribution is 2.36. The lowest BCUT2D eigenvalue weighted by Gasteiger charge is -2.21. The van der Waals surface area contributed by atoms with E-state index in [1.165, 1.54) is 43.9 Å². The SMILES string of the molecule is CCCCN(CCCC)CCCOc1ccc(C(=O)c2c(C(C)C)oc3ccc(N(S(C)(=O)=O)S(C)(=O)=O)cc23)cc1. The molecule has 42 heavy (non-hydrogen) atoms. The molecule has 0 bridgehead atoms. The minimum absolute atomic E-state index is 0.0932. The quantitative estimate of drug-likeness (QED) is 0.130. The third kappa shape index (κ3) is 8.58. The summed E-state index contributed by atoms with van der Waals surface area (Å²) in [6.07, 6.45) is 7.29. The molecule has 3 rings (SSSR count). The van der Waals surface area contributed by atoms with Crippen molar-refractivity contribution in [2.75, 3.05) is 42.5 Å². The molecule has 0 radical (unpaired) electrons. The van der Waals surface area contributed by atoms with E-state index < -0.39 is 20.0 Å². The normalized spacial score (nSPS) is 12.4. The largest absolute Gasteiger partial charge is 0.494 e. The van der Waals surface area contributed by atoms with Crippen LogP contribution in [0.1, 0.15) is 87.4 Å². The van der Waals surface area contributed by atoms with E-state index in [9.17, 15) is 21.6 Å². The Bertz CT molecular complexity index is 1520. The molecule has 0 aliphatic heterocycles. The van der Waals surface area contributed by atoms with Gasteiger partial charge >= 0.3 is 0 Å². The molecule has 0 saturated heterocycles. The van der Waals surface area contributed by atoms with Crippen molar-refractivity contribution in [1.29, 1.82) is 0 Å².